The standard InChI is InChI=1S/C25H25FN6O4/c1-4-12-30-23(35)19-11-6-16(22(34)27-15(3)5-2)13-20(19)32-24(30)29-31(25(32)36)14-21(33)28-18-9-7-17(26)8-10-18/h4,6-11,13,15H,1,5,12,14H2,2-3H3,(H,27,34)(H,28,33)/t15-/m1/s1. The normalized spacial score (nSPS) is 12.0. The third-order valence-corrected chi connectivity index (χ3v) is 5.76. The molecule has 0 saturated carbocycles. The first-order valence-corrected chi connectivity index (χ1v) is 11.4. The van der Waals surface area contributed by atoms with Gasteiger partial charge in [-0.3, -0.25) is 19.0 Å². The van der Waals surface area contributed by atoms with E-state index in [-0.39, 0.29) is 40.7 Å². The summed E-state index contributed by atoms with van der Waals surface area (Å²) in [5, 5.41) is 9.87. The second-order valence-electron chi connectivity index (χ2n) is 8.35. The summed E-state index contributed by atoms with van der Waals surface area (Å²) in [7, 11) is 0. The minimum absolute atomic E-state index is 0.00599. The van der Waals surface area contributed by atoms with E-state index in [1.807, 2.05) is 13.8 Å². The van der Waals surface area contributed by atoms with Crippen molar-refractivity contribution in [2.75, 3.05) is 5.32 Å². The molecule has 0 aliphatic heterocycles. The van der Waals surface area contributed by atoms with Crippen LogP contribution < -0.4 is 21.9 Å². The fraction of sp³-hybridized carbons (Fsp3) is 0.240. The van der Waals surface area contributed by atoms with Gasteiger partial charge in [0, 0.05) is 23.8 Å². The Labute approximate surface area is 204 Å². The molecule has 0 aliphatic carbocycles. The average molecular weight is 493 g/mol. The van der Waals surface area contributed by atoms with Crippen molar-refractivity contribution < 1.29 is 14.0 Å². The lowest BCUT2D eigenvalue weighted by atomic mass is 10.1. The maximum absolute atomic E-state index is 13.3. The molecule has 2 aromatic heterocycles. The van der Waals surface area contributed by atoms with Crippen LogP contribution in [0, 0.1) is 5.82 Å². The van der Waals surface area contributed by atoms with Crippen molar-refractivity contribution in [3.63, 3.8) is 0 Å². The molecule has 2 N–H and O–H groups in total. The fourth-order valence-corrected chi connectivity index (χ4v) is 3.73. The van der Waals surface area contributed by atoms with Crippen molar-refractivity contribution in [3.05, 3.63) is 87.3 Å². The van der Waals surface area contributed by atoms with Crippen molar-refractivity contribution in [1.29, 1.82) is 0 Å². The lowest BCUT2D eigenvalue weighted by Crippen LogP contribution is -2.32. The number of anilines is 1. The van der Waals surface area contributed by atoms with Crippen LogP contribution in [0.1, 0.15) is 30.6 Å². The van der Waals surface area contributed by atoms with Crippen molar-refractivity contribution in [2.24, 2.45) is 0 Å². The monoisotopic (exact) mass is 492 g/mol. The number of nitrogens with one attached hydrogen (secondary N) is 2. The number of hydrogen-bond acceptors (Lipinski definition) is 5. The molecule has 0 radical (unpaired) electrons. The lowest BCUT2D eigenvalue weighted by Gasteiger charge is -2.12. The van der Waals surface area contributed by atoms with E-state index < -0.39 is 29.5 Å². The van der Waals surface area contributed by atoms with Crippen LogP contribution in [0.4, 0.5) is 10.1 Å². The topological polar surface area (TPSA) is 120 Å². The zero-order valence-electron chi connectivity index (χ0n) is 19.8. The zero-order valence-corrected chi connectivity index (χ0v) is 19.8. The number of amides is 2. The average Bonchev–Trinajstić information content (AvgIpc) is 3.18. The van der Waals surface area contributed by atoms with Crippen LogP contribution in [0.3, 0.4) is 0 Å². The van der Waals surface area contributed by atoms with Gasteiger partial charge in [0.1, 0.15) is 12.4 Å². The number of benzene rings is 2. The summed E-state index contributed by atoms with van der Waals surface area (Å²) >= 11 is 0. The molecule has 2 aromatic carbocycles. The highest BCUT2D eigenvalue weighted by Crippen LogP contribution is 2.15. The number of carbonyl (C=O) groups is 2. The minimum atomic E-state index is -0.665. The van der Waals surface area contributed by atoms with E-state index >= 15 is 0 Å². The minimum Gasteiger partial charge on any atom is -0.350 e. The Bertz CT molecular complexity index is 1600. The van der Waals surface area contributed by atoms with Gasteiger partial charge in [0.15, 0.2) is 0 Å². The first kappa shape index (κ1) is 24.6. The first-order valence-electron chi connectivity index (χ1n) is 11.4. The number of allylic oxidation sites excluding steroid dienone is 1. The van der Waals surface area contributed by atoms with E-state index in [2.05, 4.69) is 22.3 Å². The predicted molar refractivity (Wildman–Crippen MR) is 134 cm³/mol. The number of carbonyl (C=O) groups excluding carboxylic acids is 2. The molecule has 0 unspecified atom stereocenters. The summed E-state index contributed by atoms with van der Waals surface area (Å²) < 4.78 is 16.5. The van der Waals surface area contributed by atoms with Gasteiger partial charge < -0.3 is 10.6 Å². The molecule has 10 nitrogen and oxygen atoms in total. The molecule has 0 spiro atoms. The highest BCUT2D eigenvalue weighted by Gasteiger charge is 2.20. The summed E-state index contributed by atoms with van der Waals surface area (Å²) in [6, 6.07) is 9.60. The number of nitrogens with zero attached hydrogens (tertiary/aromatic N) is 4. The molecule has 2 amide bonds. The van der Waals surface area contributed by atoms with Gasteiger partial charge in [-0.25, -0.2) is 18.3 Å². The molecular formula is C25H25FN6O4. The van der Waals surface area contributed by atoms with Gasteiger partial charge in [-0.1, -0.05) is 13.0 Å². The lowest BCUT2D eigenvalue weighted by molar-refractivity contribution is -0.117. The highest BCUT2D eigenvalue weighted by atomic mass is 19.1. The summed E-state index contributed by atoms with van der Waals surface area (Å²) in [6.07, 6.45) is 2.23. The first-order chi connectivity index (χ1) is 17.2. The van der Waals surface area contributed by atoms with E-state index in [1.165, 1.54) is 57.5 Å². The van der Waals surface area contributed by atoms with Crippen molar-refractivity contribution in [1.82, 2.24) is 24.1 Å². The van der Waals surface area contributed by atoms with E-state index in [4.69, 9.17) is 0 Å². The molecule has 4 rings (SSSR count). The Morgan fingerprint density at radius 2 is 1.89 bits per heavy atom. The summed E-state index contributed by atoms with van der Waals surface area (Å²) in [4.78, 5) is 51.8. The molecular weight excluding hydrogens is 467 g/mol. The molecule has 1 atom stereocenters. The zero-order chi connectivity index (χ0) is 26.0. The number of rotatable bonds is 8. The molecule has 0 fully saturated rings. The van der Waals surface area contributed by atoms with Crippen molar-refractivity contribution in [2.45, 2.75) is 39.4 Å². The highest BCUT2D eigenvalue weighted by molar-refractivity contribution is 5.98. The van der Waals surface area contributed by atoms with Gasteiger partial charge >= 0.3 is 5.69 Å². The van der Waals surface area contributed by atoms with Gasteiger partial charge in [-0.05, 0) is 55.8 Å². The molecule has 0 aliphatic rings. The van der Waals surface area contributed by atoms with Crippen LogP contribution in [0.5, 0.6) is 0 Å². The third kappa shape index (κ3) is 4.67. The second-order valence-corrected chi connectivity index (χ2v) is 8.35. The van der Waals surface area contributed by atoms with Crippen LogP contribution in [0.15, 0.2) is 64.7 Å². The number of fused-ring (bicyclic) bond motifs is 3. The molecule has 4 aromatic rings. The van der Waals surface area contributed by atoms with E-state index in [9.17, 15) is 23.6 Å². The molecule has 186 valence electrons. The molecule has 0 bridgehead atoms. The van der Waals surface area contributed by atoms with Gasteiger partial charge in [0.05, 0.1) is 10.9 Å². The van der Waals surface area contributed by atoms with Crippen LogP contribution in [-0.4, -0.2) is 36.6 Å². The van der Waals surface area contributed by atoms with Crippen LogP contribution in [-0.2, 0) is 17.9 Å². The maximum atomic E-state index is 13.3. The predicted octanol–water partition coefficient (Wildman–Crippen LogP) is 2.30. The van der Waals surface area contributed by atoms with E-state index in [0.717, 1.165) is 11.1 Å². The fourth-order valence-electron chi connectivity index (χ4n) is 3.73. The van der Waals surface area contributed by atoms with Gasteiger partial charge in [0.25, 0.3) is 11.5 Å². The summed E-state index contributed by atoms with van der Waals surface area (Å²) in [5.41, 5.74) is -0.258. The van der Waals surface area contributed by atoms with Crippen molar-refractivity contribution >= 4 is 34.2 Å². The number of aromatic nitrogens is 4. The summed E-state index contributed by atoms with van der Waals surface area (Å²) in [5.74, 6) is -1.35. The molecule has 11 heteroatoms. The Kier molecular flexibility index (Phi) is 6.82. The van der Waals surface area contributed by atoms with E-state index in [0.29, 0.717) is 5.69 Å². The molecule has 2 heterocycles. The van der Waals surface area contributed by atoms with Crippen molar-refractivity contribution in [3.8, 4) is 0 Å². The number of hydrogen-bond donors (Lipinski definition) is 2. The summed E-state index contributed by atoms with van der Waals surface area (Å²) in [6.45, 7) is 7.10. The smallest absolute Gasteiger partial charge is 0.350 e. The Morgan fingerprint density at radius 3 is 2.56 bits per heavy atom. The van der Waals surface area contributed by atoms with E-state index in [1.54, 1.807) is 0 Å². The Hall–Kier alpha value is -4.54. The van der Waals surface area contributed by atoms with Crippen LogP contribution >= 0.6 is 0 Å². The third-order valence-electron chi connectivity index (χ3n) is 5.76. The van der Waals surface area contributed by atoms with Crippen LogP contribution in [0.2, 0.25) is 0 Å². The number of halogens is 1. The Morgan fingerprint density at radius 1 is 1.17 bits per heavy atom. The van der Waals surface area contributed by atoms with Gasteiger partial charge in [-0.15, -0.1) is 11.7 Å². The van der Waals surface area contributed by atoms with Gasteiger partial charge in [-0.2, -0.15) is 0 Å². The molecule has 0 saturated heterocycles. The van der Waals surface area contributed by atoms with Crippen LogP contribution in [0.25, 0.3) is 16.7 Å². The largest absolute Gasteiger partial charge is 0.352 e. The maximum Gasteiger partial charge on any atom is 0.352 e. The quantitative estimate of drug-likeness (QED) is 0.366. The Balaban J connectivity index is 1.82. The molecule has 36 heavy (non-hydrogen) atoms. The SMILES string of the molecule is C=CCn1c(=O)c2ccc(C(=O)N[C@H](C)CC)cc2n2c(=O)n(CC(=O)Nc3ccc(F)cc3)nc12. The second kappa shape index (κ2) is 9.98. The van der Waals surface area contributed by atoms with Gasteiger partial charge in [0.2, 0.25) is 11.7 Å².